The van der Waals surface area contributed by atoms with Crippen LogP contribution >= 0.6 is 39.1 Å². The van der Waals surface area contributed by atoms with Crippen molar-refractivity contribution in [3.8, 4) is 0 Å². The first-order valence-electron chi connectivity index (χ1n) is 6.04. The summed E-state index contributed by atoms with van der Waals surface area (Å²) in [5.74, 6) is 0. The van der Waals surface area contributed by atoms with Gasteiger partial charge in [-0.05, 0) is 42.3 Å². The number of aryl methyl sites for hydroxylation is 1. The monoisotopic (exact) mass is 407 g/mol. The normalized spacial score (nSPS) is 11.4. The molecule has 21 heavy (non-hydrogen) atoms. The molecule has 0 saturated carbocycles. The maximum absolute atomic E-state index is 12.3. The van der Waals surface area contributed by atoms with E-state index in [2.05, 4.69) is 20.7 Å². The summed E-state index contributed by atoms with van der Waals surface area (Å²) in [6.07, 6.45) is 0.886. The third-order valence-corrected chi connectivity index (χ3v) is 4.93. The summed E-state index contributed by atoms with van der Waals surface area (Å²) in [6.45, 7) is 0. The first-order chi connectivity index (χ1) is 9.90. The first kappa shape index (κ1) is 16.6. The largest absolute Gasteiger partial charge is 0.280 e. The number of hydrogen-bond acceptors (Lipinski definition) is 2. The van der Waals surface area contributed by atoms with E-state index in [4.69, 9.17) is 23.2 Å². The van der Waals surface area contributed by atoms with E-state index in [1.807, 2.05) is 12.1 Å². The molecule has 0 aliphatic heterocycles. The van der Waals surface area contributed by atoms with E-state index < -0.39 is 10.0 Å². The molecule has 7 heteroatoms. The summed E-state index contributed by atoms with van der Waals surface area (Å²) in [5.41, 5.74) is 1.62. The van der Waals surface area contributed by atoms with Gasteiger partial charge in [-0.1, -0.05) is 51.3 Å². The predicted octanol–water partition coefficient (Wildman–Crippen LogP) is 4.73. The molecule has 0 bridgehead atoms. The van der Waals surface area contributed by atoms with Crippen molar-refractivity contribution in [2.75, 3.05) is 10.1 Å². The number of halogens is 3. The van der Waals surface area contributed by atoms with Crippen molar-refractivity contribution < 1.29 is 8.42 Å². The molecule has 0 unspecified atom stereocenters. The highest BCUT2D eigenvalue weighted by Crippen LogP contribution is 2.24. The molecule has 0 radical (unpaired) electrons. The van der Waals surface area contributed by atoms with Gasteiger partial charge in [-0.25, -0.2) is 8.42 Å². The fraction of sp³-hybridized carbons (Fsp3) is 0.143. The van der Waals surface area contributed by atoms with Crippen LogP contribution in [0, 0.1) is 0 Å². The lowest BCUT2D eigenvalue weighted by Gasteiger charge is -2.09. The van der Waals surface area contributed by atoms with Gasteiger partial charge in [0.2, 0.25) is 0 Å². The molecule has 0 saturated heterocycles. The smallest absolute Gasteiger partial charge is 0.261 e. The number of anilines is 1. The molecule has 2 rings (SSSR count). The Kier molecular flexibility index (Phi) is 5.54. The minimum atomic E-state index is -3.71. The van der Waals surface area contributed by atoms with Crippen molar-refractivity contribution in [2.24, 2.45) is 0 Å². The number of sulfonamides is 1. The molecule has 0 atom stereocenters. The van der Waals surface area contributed by atoms with E-state index in [0.29, 0.717) is 5.69 Å². The Morgan fingerprint density at radius 2 is 1.57 bits per heavy atom. The molecule has 3 nitrogen and oxygen atoms in total. The summed E-state index contributed by atoms with van der Waals surface area (Å²) in [5, 5.41) is 1.41. The zero-order valence-electron chi connectivity index (χ0n) is 10.8. The SMILES string of the molecule is O=S(=O)(Nc1ccc(CCBr)cc1)c1cc(Cl)cc(Cl)c1. The predicted molar refractivity (Wildman–Crippen MR) is 91.2 cm³/mol. The Labute approximate surface area is 142 Å². The van der Waals surface area contributed by atoms with Gasteiger partial charge >= 0.3 is 0 Å². The van der Waals surface area contributed by atoms with E-state index in [9.17, 15) is 8.42 Å². The average molecular weight is 409 g/mol. The fourth-order valence-corrected chi connectivity index (χ4v) is 3.99. The minimum Gasteiger partial charge on any atom is -0.280 e. The van der Waals surface area contributed by atoms with Crippen molar-refractivity contribution in [2.45, 2.75) is 11.3 Å². The van der Waals surface area contributed by atoms with Crippen molar-refractivity contribution in [3.05, 3.63) is 58.1 Å². The Morgan fingerprint density at radius 1 is 1.00 bits per heavy atom. The van der Waals surface area contributed by atoms with Crippen LogP contribution in [0.1, 0.15) is 5.56 Å². The minimum absolute atomic E-state index is 0.0320. The van der Waals surface area contributed by atoms with Crippen LogP contribution in [0.15, 0.2) is 47.4 Å². The molecule has 0 amide bonds. The zero-order chi connectivity index (χ0) is 15.5. The number of alkyl halides is 1. The highest BCUT2D eigenvalue weighted by Gasteiger charge is 2.15. The van der Waals surface area contributed by atoms with E-state index in [1.165, 1.54) is 18.2 Å². The number of hydrogen-bond donors (Lipinski definition) is 1. The Balaban J connectivity index is 2.24. The first-order valence-corrected chi connectivity index (χ1v) is 9.40. The maximum atomic E-state index is 12.3. The Bertz CT molecular complexity index is 713. The van der Waals surface area contributed by atoms with Gasteiger partial charge in [0.25, 0.3) is 10.0 Å². The van der Waals surface area contributed by atoms with Gasteiger partial charge in [-0.3, -0.25) is 4.72 Å². The summed E-state index contributed by atoms with van der Waals surface area (Å²) in [7, 11) is -3.71. The quantitative estimate of drug-likeness (QED) is 0.726. The zero-order valence-corrected chi connectivity index (χ0v) is 14.7. The molecular weight excluding hydrogens is 397 g/mol. The van der Waals surface area contributed by atoms with E-state index >= 15 is 0 Å². The summed E-state index contributed by atoms with van der Waals surface area (Å²) in [4.78, 5) is 0.0320. The van der Waals surface area contributed by atoms with Crippen molar-refractivity contribution >= 4 is 54.8 Å². The molecule has 0 heterocycles. The second-order valence-electron chi connectivity index (χ2n) is 4.35. The van der Waals surface area contributed by atoms with Crippen LogP contribution in [0.25, 0.3) is 0 Å². The third-order valence-electron chi connectivity index (χ3n) is 2.74. The Hall–Kier alpha value is -0.750. The molecule has 0 spiro atoms. The molecule has 112 valence electrons. The molecular formula is C14H12BrCl2NO2S. The lowest BCUT2D eigenvalue weighted by molar-refractivity contribution is 0.601. The summed E-state index contributed by atoms with van der Waals surface area (Å²) >= 11 is 15.0. The van der Waals surface area contributed by atoms with Crippen LogP contribution in [0.5, 0.6) is 0 Å². The second-order valence-corrected chi connectivity index (χ2v) is 7.69. The Morgan fingerprint density at radius 3 is 2.10 bits per heavy atom. The molecule has 0 aliphatic rings. The number of nitrogens with one attached hydrogen (secondary N) is 1. The highest BCUT2D eigenvalue weighted by atomic mass is 79.9. The van der Waals surface area contributed by atoms with Gasteiger partial charge in [0, 0.05) is 21.1 Å². The van der Waals surface area contributed by atoms with Crippen LogP contribution in [0.3, 0.4) is 0 Å². The second kappa shape index (κ2) is 7.01. The summed E-state index contributed by atoms with van der Waals surface area (Å²) in [6, 6.07) is 11.4. The van der Waals surface area contributed by atoms with Gasteiger partial charge in [0.15, 0.2) is 0 Å². The average Bonchev–Trinajstić information content (AvgIpc) is 2.40. The standard InChI is InChI=1S/C14H12BrCl2NO2S/c15-6-5-10-1-3-13(4-2-10)18-21(19,20)14-8-11(16)7-12(17)9-14/h1-4,7-9,18H,5-6H2. The van der Waals surface area contributed by atoms with Crippen LogP contribution in [-0.4, -0.2) is 13.7 Å². The lowest BCUT2D eigenvalue weighted by Crippen LogP contribution is -2.13. The van der Waals surface area contributed by atoms with Gasteiger partial charge in [-0.15, -0.1) is 0 Å². The molecule has 0 aliphatic carbocycles. The van der Waals surface area contributed by atoms with Gasteiger partial charge in [0.1, 0.15) is 0 Å². The summed E-state index contributed by atoms with van der Waals surface area (Å²) < 4.78 is 27.1. The van der Waals surface area contributed by atoms with Crippen LogP contribution in [-0.2, 0) is 16.4 Å². The topological polar surface area (TPSA) is 46.2 Å². The van der Waals surface area contributed by atoms with E-state index in [0.717, 1.165) is 17.3 Å². The number of benzene rings is 2. The highest BCUT2D eigenvalue weighted by molar-refractivity contribution is 9.09. The van der Waals surface area contributed by atoms with Crippen LogP contribution in [0.4, 0.5) is 5.69 Å². The molecule has 1 N–H and O–H groups in total. The van der Waals surface area contributed by atoms with Crippen molar-refractivity contribution in [1.29, 1.82) is 0 Å². The van der Waals surface area contributed by atoms with E-state index in [1.54, 1.807) is 12.1 Å². The van der Waals surface area contributed by atoms with Gasteiger partial charge in [0.05, 0.1) is 4.90 Å². The maximum Gasteiger partial charge on any atom is 0.261 e. The lowest BCUT2D eigenvalue weighted by atomic mass is 10.2. The molecule has 2 aromatic carbocycles. The van der Waals surface area contributed by atoms with E-state index in [-0.39, 0.29) is 14.9 Å². The van der Waals surface area contributed by atoms with Crippen molar-refractivity contribution in [3.63, 3.8) is 0 Å². The van der Waals surface area contributed by atoms with Crippen LogP contribution < -0.4 is 4.72 Å². The molecule has 2 aromatic rings. The van der Waals surface area contributed by atoms with Crippen molar-refractivity contribution in [1.82, 2.24) is 0 Å². The van der Waals surface area contributed by atoms with Gasteiger partial charge in [-0.2, -0.15) is 0 Å². The van der Waals surface area contributed by atoms with Crippen LogP contribution in [0.2, 0.25) is 10.0 Å². The van der Waals surface area contributed by atoms with Gasteiger partial charge < -0.3 is 0 Å². The molecule has 0 aromatic heterocycles. The number of rotatable bonds is 5. The fourth-order valence-electron chi connectivity index (χ4n) is 1.75. The molecule has 0 fully saturated rings. The third kappa shape index (κ3) is 4.61.